The van der Waals surface area contributed by atoms with E-state index in [0.29, 0.717) is 42.8 Å². The molecule has 2 heterocycles. The predicted molar refractivity (Wildman–Crippen MR) is 99.4 cm³/mol. The van der Waals surface area contributed by atoms with E-state index in [1.807, 2.05) is 24.3 Å². The molecule has 2 aromatic carbocycles. The number of esters is 1. The normalized spacial score (nSPS) is 17.8. The van der Waals surface area contributed by atoms with Crippen molar-refractivity contribution in [3.8, 4) is 5.75 Å². The Morgan fingerprint density at radius 1 is 1.19 bits per heavy atom. The molecule has 2 aromatic rings. The fourth-order valence-electron chi connectivity index (χ4n) is 3.75. The number of hydrogen-bond donors (Lipinski definition) is 0. The molecule has 0 aliphatic carbocycles. The third-order valence-electron chi connectivity index (χ3n) is 5.19. The third kappa shape index (κ3) is 2.69. The first kappa shape index (κ1) is 17.1. The molecule has 1 fully saturated rings. The lowest BCUT2D eigenvalue weighted by Gasteiger charge is -2.38. The van der Waals surface area contributed by atoms with Gasteiger partial charge >= 0.3 is 5.97 Å². The SMILES string of the molecule is COc1ccc(Br)c(C(=O)N2CCC3(CC2)OC(=O)c2ccccc23)c1. The second-order valence-corrected chi connectivity index (χ2v) is 7.42. The summed E-state index contributed by atoms with van der Waals surface area (Å²) in [6.45, 7) is 1.06. The van der Waals surface area contributed by atoms with Gasteiger partial charge in [0.05, 0.1) is 18.2 Å². The summed E-state index contributed by atoms with van der Waals surface area (Å²) in [6, 6.07) is 12.9. The van der Waals surface area contributed by atoms with Crippen molar-refractivity contribution >= 4 is 27.8 Å². The van der Waals surface area contributed by atoms with Crippen LogP contribution < -0.4 is 4.74 Å². The Morgan fingerprint density at radius 2 is 1.92 bits per heavy atom. The molecule has 4 rings (SSSR count). The summed E-state index contributed by atoms with van der Waals surface area (Å²) >= 11 is 3.44. The molecular formula is C20H18BrNO4. The Labute approximate surface area is 160 Å². The minimum absolute atomic E-state index is 0.0526. The summed E-state index contributed by atoms with van der Waals surface area (Å²) in [7, 11) is 1.58. The lowest BCUT2D eigenvalue weighted by molar-refractivity contribution is -0.0389. The maximum absolute atomic E-state index is 12.9. The second-order valence-electron chi connectivity index (χ2n) is 6.57. The molecule has 134 valence electrons. The van der Waals surface area contributed by atoms with E-state index in [0.717, 1.165) is 10.0 Å². The lowest BCUT2D eigenvalue weighted by Crippen LogP contribution is -2.45. The Bertz CT molecular complexity index is 887. The summed E-state index contributed by atoms with van der Waals surface area (Å²) < 4.78 is 11.7. The molecule has 0 radical (unpaired) electrons. The van der Waals surface area contributed by atoms with Crippen LogP contribution in [-0.4, -0.2) is 37.0 Å². The highest BCUT2D eigenvalue weighted by Crippen LogP contribution is 2.44. The maximum Gasteiger partial charge on any atom is 0.339 e. The van der Waals surface area contributed by atoms with Gasteiger partial charge in [0.15, 0.2) is 0 Å². The highest BCUT2D eigenvalue weighted by atomic mass is 79.9. The molecule has 0 atom stereocenters. The van der Waals surface area contributed by atoms with Gasteiger partial charge in [-0.2, -0.15) is 0 Å². The van der Waals surface area contributed by atoms with Crippen LogP contribution in [0.15, 0.2) is 46.9 Å². The summed E-state index contributed by atoms with van der Waals surface area (Å²) in [6.07, 6.45) is 1.20. The molecule has 0 unspecified atom stereocenters. The van der Waals surface area contributed by atoms with E-state index >= 15 is 0 Å². The van der Waals surface area contributed by atoms with Gasteiger partial charge in [0.1, 0.15) is 11.4 Å². The third-order valence-corrected chi connectivity index (χ3v) is 5.88. The van der Waals surface area contributed by atoms with Crippen molar-refractivity contribution in [3.63, 3.8) is 0 Å². The molecule has 0 aromatic heterocycles. The molecule has 0 bridgehead atoms. The zero-order valence-corrected chi connectivity index (χ0v) is 15.9. The summed E-state index contributed by atoms with van der Waals surface area (Å²) in [5, 5.41) is 0. The number of benzene rings is 2. The van der Waals surface area contributed by atoms with E-state index in [1.165, 1.54) is 0 Å². The van der Waals surface area contributed by atoms with Gasteiger partial charge in [-0.25, -0.2) is 4.79 Å². The first-order chi connectivity index (χ1) is 12.5. The van der Waals surface area contributed by atoms with Crippen LogP contribution in [0.1, 0.15) is 39.1 Å². The number of nitrogens with zero attached hydrogens (tertiary/aromatic N) is 1. The van der Waals surface area contributed by atoms with Gasteiger partial charge in [-0.15, -0.1) is 0 Å². The zero-order chi connectivity index (χ0) is 18.3. The van der Waals surface area contributed by atoms with Crippen LogP contribution in [0, 0.1) is 0 Å². The summed E-state index contributed by atoms with van der Waals surface area (Å²) in [4.78, 5) is 26.9. The molecule has 2 aliphatic heterocycles. The van der Waals surface area contributed by atoms with Crippen molar-refractivity contribution in [1.82, 2.24) is 4.90 Å². The van der Waals surface area contributed by atoms with Crippen molar-refractivity contribution in [2.75, 3.05) is 20.2 Å². The van der Waals surface area contributed by atoms with Crippen molar-refractivity contribution in [2.24, 2.45) is 0 Å². The van der Waals surface area contributed by atoms with Crippen LogP contribution in [0.4, 0.5) is 0 Å². The van der Waals surface area contributed by atoms with E-state index in [4.69, 9.17) is 9.47 Å². The number of carbonyl (C=O) groups excluding carboxylic acids is 2. The second kappa shape index (κ2) is 6.43. The highest BCUT2D eigenvalue weighted by molar-refractivity contribution is 9.10. The molecular weight excluding hydrogens is 398 g/mol. The lowest BCUT2D eigenvalue weighted by atomic mass is 9.83. The minimum Gasteiger partial charge on any atom is -0.497 e. The Kier molecular flexibility index (Phi) is 4.23. The van der Waals surface area contributed by atoms with Crippen LogP contribution >= 0.6 is 15.9 Å². The van der Waals surface area contributed by atoms with Crippen LogP contribution in [0.25, 0.3) is 0 Å². The smallest absolute Gasteiger partial charge is 0.339 e. The van der Waals surface area contributed by atoms with Gasteiger partial charge in [0.2, 0.25) is 0 Å². The molecule has 1 saturated heterocycles. The number of halogens is 1. The number of hydrogen-bond acceptors (Lipinski definition) is 4. The van der Waals surface area contributed by atoms with Crippen molar-refractivity contribution in [3.05, 3.63) is 63.6 Å². The number of carbonyl (C=O) groups is 2. The first-order valence-electron chi connectivity index (χ1n) is 8.50. The Hall–Kier alpha value is -2.34. The quantitative estimate of drug-likeness (QED) is 0.700. The van der Waals surface area contributed by atoms with Crippen LogP contribution in [0.5, 0.6) is 5.75 Å². The van der Waals surface area contributed by atoms with Crippen molar-refractivity contribution in [2.45, 2.75) is 18.4 Å². The number of amides is 1. The average molecular weight is 416 g/mol. The number of ether oxygens (including phenoxy) is 2. The van der Waals surface area contributed by atoms with Crippen LogP contribution in [-0.2, 0) is 10.3 Å². The molecule has 0 saturated carbocycles. The zero-order valence-electron chi connectivity index (χ0n) is 14.3. The summed E-state index contributed by atoms with van der Waals surface area (Å²) in [5.74, 6) is 0.322. The molecule has 2 aliphatic rings. The van der Waals surface area contributed by atoms with Gasteiger partial charge in [0, 0.05) is 36.0 Å². The van der Waals surface area contributed by atoms with Crippen LogP contribution in [0.2, 0.25) is 0 Å². The number of piperidine rings is 1. The monoisotopic (exact) mass is 415 g/mol. The van der Waals surface area contributed by atoms with Gasteiger partial charge in [-0.1, -0.05) is 18.2 Å². The van der Waals surface area contributed by atoms with E-state index in [-0.39, 0.29) is 11.9 Å². The largest absolute Gasteiger partial charge is 0.497 e. The predicted octanol–water partition coefficient (Wildman–Crippen LogP) is 3.76. The van der Waals surface area contributed by atoms with Gasteiger partial charge in [-0.05, 0) is 40.2 Å². The average Bonchev–Trinajstić information content (AvgIpc) is 2.94. The standard InChI is InChI=1S/C20H18BrNO4/c1-25-13-6-7-17(21)15(12-13)18(23)22-10-8-20(9-11-22)16-5-3-2-4-14(16)19(24)26-20/h2-7,12H,8-11H2,1H3. The maximum atomic E-state index is 12.9. The topological polar surface area (TPSA) is 55.8 Å². The van der Waals surface area contributed by atoms with E-state index in [1.54, 1.807) is 30.2 Å². The van der Waals surface area contributed by atoms with Gasteiger partial charge in [0.25, 0.3) is 5.91 Å². The Morgan fingerprint density at radius 3 is 2.65 bits per heavy atom. The molecule has 6 heteroatoms. The number of rotatable bonds is 2. The van der Waals surface area contributed by atoms with E-state index < -0.39 is 5.60 Å². The molecule has 1 spiro atoms. The van der Waals surface area contributed by atoms with Gasteiger partial charge in [-0.3, -0.25) is 4.79 Å². The fourth-order valence-corrected chi connectivity index (χ4v) is 4.17. The highest BCUT2D eigenvalue weighted by Gasteiger charge is 2.47. The van der Waals surface area contributed by atoms with Crippen molar-refractivity contribution in [1.29, 1.82) is 0 Å². The molecule has 26 heavy (non-hydrogen) atoms. The van der Waals surface area contributed by atoms with Crippen molar-refractivity contribution < 1.29 is 19.1 Å². The molecule has 0 N–H and O–H groups in total. The molecule has 1 amide bonds. The van der Waals surface area contributed by atoms with E-state index in [2.05, 4.69) is 15.9 Å². The fraction of sp³-hybridized carbons (Fsp3) is 0.300. The minimum atomic E-state index is -0.601. The number of likely N-dealkylation sites (tertiary alicyclic amines) is 1. The summed E-state index contributed by atoms with van der Waals surface area (Å²) in [5.41, 5.74) is 1.56. The number of methoxy groups -OCH3 is 1. The van der Waals surface area contributed by atoms with E-state index in [9.17, 15) is 9.59 Å². The molecule has 5 nitrogen and oxygen atoms in total. The van der Waals surface area contributed by atoms with Gasteiger partial charge < -0.3 is 14.4 Å². The number of fused-ring (bicyclic) bond motifs is 2. The Balaban J connectivity index is 1.55. The van der Waals surface area contributed by atoms with Crippen LogP contribution in [0.3, 0.4) is 0 Å². The first-order valence-corrected chi connectivity index (χ1v) is 9.29.